The fourth-order valence-corrected chi connectivity index (χ4v) is 3.81. The van der Waals surface area contributed by atoms with Crippen molar-refractivity contribution in [1.82, 2.24) is 19.7 Å². The summed E-state index contributed by atoms with van der Waals surface area (Å²) in [6, 6.07) is 19.6. The summed E-state index contributed by atoms with van der Waals surface area (Å²) in [5.41, 5.74) is 1.87. The van der Waals surface area contributed by atoms with Crippen LogP contribution in [0.4, 0.5) is 11.4 Å². The number of amides is 1. The van der Waals surface area contributed by atoms with Gasteiger partial charge in [0.25, 0.3) is 5.69 Å². The van der Waals surface area contributed by atoms with E-state index in [0.717, 1.165) is 11.1 Å². The van der Waals surface area contributed by atoms with Crippen molar-refractivity contribution in [3.63, 3.8) is 0 Å². The van der Waals surface area contributed by atoms with E-state index in [9.17, 15) is 14.9 Å². The number of nitro benzene ring substituents is 1. The first-order valence-corrected chi connectivity index (χ1v) is 10.6. The number of carbonyl (C=O) groups excluding carboxylic acids is 1. The molecule has 0 bridgehead atoms. The number of anilines is 1. The topological polar surface area (TPSA) is 116 Å². The Morgan fingerprint density at radius 3 is 2.56 bits per heavy atom. The highest BCUT2D eigenvalue weighted by atomic mass is 32.2. The lowest BCUT2D eigenvalue weighted by atomic mass is 10.2. The molecule has 0 saturated heterocycles. The Hall–Kier alpha value is -4.05. The number of rotatable bonds is 8. The van der Waals surface area contributed by atoms with Gasteiger partial charge in [0.2, 0.25) is 5.91 Å². The van der Waals surface area contributed by atoms with Crippen LogP contribution >= 0.6 is 11.8 Å². The van der Waals surface area contributed by atoms with E-state index < -0.39 is 4.92 Å². The maximum Gasteiger partial charge on any atom is 0.292 e. The third-order valence-electron chi connectivity index (χ3n) is 4.53. The van der Waals surface area contributed by atoms with Gasteiger partial charge in [-0.05, 0) is 23.8 Å². The first-order valence-electron chi connectivity index (χ1n) is 9.65. The lowest BCUT2D eigenvalue weighted by Gasteiger charge is -2.10. The molecule has 0 radical (unpaired) electrons. The fourth-order valence-electron chi connectivity index (χ4n) is 3.07. The molecule has 160 valence electrons. The van der Waals surface area contributed by atoms with E-state index in [1.54, 1.807) is 24.5 Å². The van der Waals surface area contributed by atoms with Crippen LogP contribution in [0.1, 0.15) is 5.56 Å². The predicted octanol–water partition coefficient (Wildman–Crippen LogP) is 4.03. The van der Waals surface area contributed by atoms with Crippen molar-refractivity contribution in [2.75, 3.05) is 11.1 Å². The average molecular weight is 446 g/mol. The number of nitro groups is 1. The van der Waals surface area contributed by atoms with Crippen LogP contribution in [0.3, 0.4) is 0 Å². The zero-order valence-corrected chi connectivity index (χ0v) is 17.6. The van der Waals surface area contributed by atoms with Gasteiger partial charge in [-0.15, -0.1) is 10.2 Å². The van der Waals surface area contributed by atoms with Crippen LogP contribution in [0, 0.1) is 10.1 Å². The molecule has 10 heteroatoms. The van der Waals surface area contributed by atoms with E-state index in [4.69, 9.17) is 0 Å². The molecule has 32 heavy (non-hydrogen) atoms. The van der Waals surface area contributed by atoms with Crippen molar-refractivity contribution in [2.45, 2.75) is 11.7 Å². The van der Waals surface area contributed by atoms with Crippen LogP contribution in [0.25, 0.3) is 11.4 Å². The Labute approximate surface area is 187 Å². The summed E-state index contributed by atoms with van der Waals surface area (Å²) < 4.78 is 1.93. The van der Waals surface area contributed by atoms with Crippen molar-refractivity contribution in [3.05, 3.63) is 94.8 Å². The summed E-state index contributed by atoms with van der Waals surface area (Å²) in [6.07, 6.45) is 3.39. The largest absolute Gasteiger partial charge is 0.320 e. The Morgan fingerprint density at radius 1 is 1.03 bits per heavy atom. The molecule has 0 atom stereocenters. The minimum atomic E-state index is -0.528. The summed E-state index contributed by atoms with van der Waals surface area (Å²) >= 11 is 1.21. The Bertz CT molecular complexity index is 1230. The summed E-state index contributed by atoms with van der Waals surface area (Å²) in [5, 5.41) is 22.9. The number of hydrogen-bond donors (Lipinski definition) is 1. The smallest absolute Gasteiger partial charge is 0.292 e. The van der Waals surface area contributed by atoms with Gasteiger partial charge in [0.15, 0.2) is 11.0 Å². The third kappa shape index (κ3) is 4.98. The van der Waals surface area contributed by atoms with Crippen LogP contribution in [0.15, 0.2) is 84.3 Å². The second-order valence-electron chi connectivity index (χ2n) is 6.73. The highest BCUT2D eigenvalue weighted by molar-refractivity contribution is 7.99. The minimum Gasteiger partial charge on any atom is -0.320 e. The first kappa shape index (κ1) is 21.2. The summed E-state index contributed by atoms with van der Waals surface area (Å²) in [5.74, 6) is 0.288. The van der Waals surface area contributed by atoms with Crippen LogP contribution in [-0.2, 0) is 11.3 Å². The van der Waals surface area contributed by atoms with Gasteiger partial charge in [0.05, 0.1) is 17.2 Å². The normalized spacial score (nSPS) is 10.6. The summed E-state index contributed by atoms with van der Waals surface area (Å²) in [7, 11) is 0. The predicted molar refractivity (Wildman–Crippen MR) is 121 cm³/mol. The number of para-hydroxylation sites is 2. The number of aromatic nitrogens is 4. The molecular weight excluding hydrogens is 428 g/mol. The summed E-state index contributed by atoms with van der Waals surface area (Å²) in [6.45, 7) is 0.520. The lowest BCUT2D eigenvalue weighted by Crippen LogP contribution is -2.15. The Morgan fingerprint density at radius 2 is 1.81 bits per heavy atom. The standard InChI is InChI=1S/C22H18N6O3S/c29-20(24-18-10-4-5-11-19(18)28(30)31)15-32-22-26-25-21(17-9-6-12-23-13-17)27(22)14-16-7-2-1-3-8-16/h1-13H,14-15H2,(H,24,29). The molecule has 2 aromatic heterocycles. The maximum atomic E-state index is 12.5. The van der Waals surface area contributed by atoms with Crippen molar-refractivity contribution in [1.29, 1.82) is 0 Å². The number of benzene rings is 2. The number of nitrogens with zero attached hydrogens (tertiary/aromatic N) is 5. The molecule has 2 heterocycles. The van der Waals surface area contributed by atoms with Crippen LogP contribution in [-0.4, -0.2) is 36.3 Å². The SMILES string of the molecule is O=C(CSc1nnc(-c2cccnc2)n1Cc1ccccc1)Nc1ccccc1[N+](=O)[O-]. The van der Waals surface area contributed by atoms with Gasteiger partial charge in [-0.1, -0.05) is 54.2 Å². The molecule has 0 spiro atoms. The second-order valence-corrected chi connectivity index (χ2v) is 7.67. The minimum absolute atomic E-state index is 0.0199. The Balaban J connectivity index is 1.54. The molecule has 0 aliphatic rings. The average Bonchev–Trinajstić information content (AvgIpc) is 3.21. The number of hydrogen-bond acceptors (Lipinski definition) is 7. The van der Waals surface area contributed by atoms with E-state index in [-0.39, 0.29) is 23.0 Å². The van der Waals surface area contributed by atoms with Crippen molar-refractivity contribution < 1.29 is 9.72 Å². The van der Waals surface area contributed by atoms with Crippen LogP contribution < -0.4 is 5.32 Å². The number of thioether (sulfide) groups is 1. The highest BCUT2D eigenvalue weighted by Crippen LogP contribution is 2.26. The molecule has 2 aromatic carbocycles. The zero-order valence-electron chi connectivity index (χ0n) is 16.8. The van der Waals surface area contributed by atoms with Gasteiger partial charge in [0.1, 0.15) is 5.69 Å². The molecule has 0 fully saturated rings. The number of pyridine rings is 1. The van der Waals surface area contributed by atoms with Gasteiger partial charge in [-0.3, -0.25) is 24.5 Å². The van der Waals surface area contributed by atoms with Gasteiger partial charge in [-0.2, -0.15) is 0 Å². The molecular formula is C22H18N6O3S. The molecule has 1 N–H and O–H groups in total. The first-order chi connectivity index (χ1) is 15.6. The van der Waals surface area contributed by atoms with E-state index in [1.807, 2.05) is 47.0 Å². The van der Waals surface area contributed by atoms with E-state index in [1.165, 1.54) is 23.9 Å². The number of nitrogens with one attached hydrogen (secondary N) is 1. The molecule has 0 aliphatic heterocycles. The fraction of sp³-hybridized carbons (Fsp3) is 0.0909. The highest BCUT2D eigenvalue weighted by Gasteiger charge is 2.18. The quantitative estimate of drug-likeness (QED) is 0.247. The van der Waals surface area contributed by atoms with Crippen molar-refractivity contribution in [3.8, 4) is 11.4 Å². The third-order valence-corrected chi connectivity index (χ3v) is 5.49. The van der Waals surface area contributed by atoms with Crippen LogP contribution in [0.5, 0.6) is 0 Å². The van der Waals surface area contributed by atoms with Gasteiger partial charge in [-0.25, -0.2) is 0 Å². The monoisotopic (exact) mass is 446 g/mol. The molecule has 9 nitrogen and oxygen atoms in total. The zero-order chi connectivity index (χ0) is 22.3. The lowest BCUT2D eigenvalue weighted by molar-refractivity contribution is -0.383. The van der Waals surface area contributed by atoms with E-state index in [0.29, 0.717) is 17.5 Å². The van der Waals surface area contributed by atoms with Crippen LogP contribution in [0.2, 0.25) is 0 Å². The van der Waals surface area contributed by atoms with Gasteiger partial charge >= 0.3 is 0 Å². The van der Waals surface area contributed by atoms with Crippen molar-refractivity contribution in [2.24, 2.45) is 0 Å². The molecule has 0 saturated carbocycles. The Kier molecular flexibility index (Phi) is 6.52. The molecule has 0 aliphatic carbocycles. The second kappa shape index (κ2) is 9.84. The summed E-state index contributed by atoms with van der Waals surface area (Å²) in [4.78, 5) is 27.3. The molecule has 1 amide bonds. The van der Waals surface area contributed by atoms with Gasteiger partial charge in [0, 0.05) is 24.0 Å². The van der Waals surface area contributed by atoms with Gasteiger partial charge < -0.3 is 5.32 Å². The van der Waals surface area contributed by atoms with E-state index >= 15 is 0 Å². The number of carbonyl (C=O) groups is 1. The maximum absolute atomic E-state index is 12.5. The molecule has 4 rings (SSSR count). The molecule has 4 aromatic rings. The molecule has 0 unspecified atom stereocenters. The van der Waals surface area contributed by atoms with E-state index in [2.05, 4.69) is 20.5 Å². The van der Waals surface area contributed by atoms with Crippen molar-refractivity contribution >= 4 is 29.0 Å².